The molecule has 4 nitrogen and oxygen atoms in total. The molecule has 0 heterocycles. The molecule has 0 bridgehead atoms. The molecule has 100 valence electrons. The van der Waals surface area contributed by atoms with Crippen LogP contribution in [0.3, 0.4) is 0 Å². The van der Waals surface area contributed by atoms with Crippen molar-refractivity contribution in [3.05, 3.63) is 11.8 Å². The number of rotatable bonds is 6. The molecule has 0 aliphatic carbocycles. The number of hydrogen-bond donors (Lipinski definition) is 1. The van der Waals surface area contributed by atoms with Gasteiger partial charge >= 0.3 is 6.18 Å². The second kappa shape index (κ2) is 6.02. The quantitative estimate of drug-likeness (QED) is 0.450. The Kier molecular flexibility index (Phi) is 5.63. The van der Waals surface area contributed by atoms with Crippen LogP contribution in [0.4, 0.5) is 13.2 Å². The van der Waals surface area contributed by atoms with Crippen molar-refractivity contribution in [2.24, 2.45) is 0 Å². The highest BCUT2D eigenvalue weighted by Gasteiger charge is 2.39. The van der Waals surface area contributed by atoms with E-state index < -0.39 is 23.5 Å². The molecule has 0 aliphatic heterocycles. The summed E-state index contributed by atoms with van der Waals surface area (Å²) in [6, 6.07) is 0. The first-order valence-electron chi connectivity index (χ1n) is 4.97. The summed E-state index contributed by atoms with van der Waals surface area (Å²) >= 11 is 0. The van der Waals surface area contributed by atoms with Gasteiger partial charge in [-0.3, -0.25) is 4.79 Å². The normalized spacial score (nSPS) is 13.9. The van der Waals surface area contributed by atoms with Crippen LogP contribution < -0.4 is 0 Å². The number of halogens is 3. The Bertz CT molecular complexity index is 290. The second-order valence-corrected chi connectivity index (χ2v) is 3.20. The average molecular weight is 256 g/mol. The predicted molar refractivity (Wildman–Crippen MR) is 53.4 cm³/mol. The molecule has 0 aromatic carbocycles. The van der Waals surface area contributed by atoms with Gasteiger partial charge in [-0.05, 0) is 20.8 Å². The van der Waals surface area contributed by atoms with Crippen molar-refractivity contribution < 1.29 is 32.5 Å². The van der Waals surface area contributed by atoms with Crippen LogP contribution in [0.25, 0.3) is 0 Å². The molecule has 0 amide bonds. The maximum Gasteiger partial charge on any atom is 0.454 e. The van der Waals surface area contributed by atoms with Gasteiger partial charge in [0.2, 0.25) is 5.79 Å². The van der Waals surface area contributed by atoms with Crippen LogP contribution in [0.15, 0.2) is 11.8 Å². The summed E-state index contributed by atoms with van der Waals surface area (Å²) in [5, 5.41) is 9.45. The lowest BCUT2D eigenvalue weighted by atomic mass is 10.2. The third-order valence-corrected chi connectivity index (χ3v) is 1.85. The van der Waals surface area contributed by atoms with E-state index in [-0.39, 0.29) is 19.3 Å². The number of aliphatic hydroxyl groups is 1. The number of allylic oxidation sites excluding steroid dienone is 1. The minimum atomic E-state index is -5.03. The lowest BCUT2D eigenvalue weighted by Crippen LogP contribution is -2.36. The van der Waals surface area contributed by atoms with E-state index >= 15 is 0 Å². The van der Waals surface area contributed by atoms with E-state index in [1.165, 1.54) is 6.92 Å². The smallest absolute Gasteiger partial charge is 0.454 e. The monoisotopic (exact) mass is 256 g/mol. The van der Waals surface area contributed by atoms with E-state index in [1.54, 1.807) is 13.8 Å². The second-order valence-electron chi connectivity index (χ2n) is 3.20. The van der Waals surface area contributed by atoms with Crippen LogP contribution in [0.1, 0.15) is 20.8 Å². The number of aliphatic hydroxyl groups excluding tert-OH is 1. The van der Waals surface area contributed by atoms with Crippen LogP contribution in [0.2, 0.25) is 0 Å². The van der Waals surface area contributed by atoms with Gasteiger partial charge in [-0.1, -0.05) is 0 Å². The summed E-state index contributed by atoms with van der Waals surface area (Å²) in [5.74, 6) is -4.83. The van der Waals surface area contributed by atoms with Crippen LogP contribution in [0, 0.1) is 0 Å². The number of ketones is 1. The lowest BCUT2D eigenvalue weighted by molar-refractivity contribution is -0.212. The van der Waals surface area contributed by atoms with E-state index in [9.17, 15) is 23.1 Å². The molecular weight excluding hydrogens is 241 g/mol. The van der Waals surface area contributed by atoms with E-state index in [1.807, 2.05) is 0 Å². The number of alkyl halides is 3. The van der Waals surface area contributed by atoms with Gasteiger partial charge in [-0.15, -0.1) is 0 Å². The molecule has 0 spiro atoms. The molecule has 0 aliphatic rings. The van der Waals surface area contributed by atoms with Crippen LogP contribution >= 0.6 is 0 Å². The number of ether oxygens (including phenoxy) is 2. The minimum absolute atomic E-state index is 0.0608. The van der Waals surface area contributed by atoms with Gasteiger partial charge < -0.3 is 14.6 Å². The van der Waals surface area contributed by atoms with Crippen molar-refractivity contribution in [3.63, 3.8) is 0 Å². The van der Waals surface area contributed by atoms with Crippen molar-refractivity contribution in [1.29, 1.82) is 0 Å². The zero-order valence-corrected chi connectivity index (χ0v) is 9.80. The molecule has 0 atom stereocenters. The highest BCUT2D eigenvalue weighted by molar-refractivity contribution is 5.94. The van der Waals surface area contributed by atoms with E-state index in [0.29, 0.717) is 0 Å². The summed E-state index contributed by atoms with van der Waals surface area (Å²) in [4.78, 5) is 10.7. The maximum atomic E-state index is 12.0. The molecule has 0 unspecified atom stereocenters. The zero-order valence-electron chi connectivity index (χ0n) is 9.80. The molecule has 1 N–H and O–H groups in total. The van der Waals surface area contributed by atoms with Crippen molar-refractivity contribution in [1.82, 2.24) is 0 Å². The lowest BCUT2D eigenvalue weighted by Gasteiger charge is -2.28. The molecular formula is C10H15F3O4. The van der Waals surface area contributed by atoms with Gasteiger partial charge in [-0.25, -0.2) is 0 Å². The van der Waals surface area contributed by atoms with Crippen molar-refractivity contribution in [3.8, 4) is 0 Å². The molecule has 0 aromatic rings. The highest BCUT2D eigenvalue weighted by atomic mass is 19.4. The first-order chi connectivity index (χ1) is 7.67. The van der Waals surface area contributed by atoms with Gasteiger partial charge in [-0.2, -0.15) is 13.2 Å². The minimum Gasteiger partial charge on any atom is -0.507 e. The van der Waals surface area contributed by atoms with E-state index in [4.69, 9.17) is 9.47 Å². The van der Waals surface area contributed by atoms with Crippen LogP contribution in [-0.4, -0.2) is 36.1 Å². The fourth-order valence-electron chi connectivity index (χ4n) is 1.08. The third kappa shape index (κ3) is 4.74. The Balaban J connectivity index is 5.02. The molecule has 17 heavy (non-hydrogen) atoms. The summed E-state index contributed by atoms with van der Waals surface area (Å²) < 4.78 is 45.9. The first-order valence-corrected chi connectivity index (χ1v) is 4.97. The zero-order chi connectivity index (χ0) is 13.7. The molecule has 0 aromatic heterocycles. The predicted octanol–water partition coefficient (Wildman–Crippen LogP) is 2.35. The molecule has 0 fully saturated rings. The first kappa shape index (κ1) is 15.9. The van der Waals surface area contributed by atoms with E-state index in [2.05, 4.69) is 0 Å². The van der Waals surface area contributed by atoms with Crippen molar-refractivity contribution in [2.45, 2.75) is 32.7 Å². The Labute approximate surface area is 97.0 Å². The molecule has 0 saturated heterocycles. The summed E-state index contributed by atoms with van der Waals surface area (Å²) in [6.45, 7) is 4.60. The molecule has 0 radical (unpaired) electrons. The summed E-state index contributed by atoms with van der Waals surface area (Å²) in [5.41, 5.74) is 0. The Morgan fingerprint density at radius 1 is 1.24 bits per heavy atom. The average Bonchev–Trinajstić information content (AvgIpc) is 2.16. The topological polar surface area (TPSA) is 55.8 Å². The van der Waals surface area contributed by atoms with Crippen LogP contribution in [0.5, 0.6) is 0 Å². The maximum absolute atomic E-state index is 12.0. The number of carbonyl (C=O) groups is 1. The number of hydrogen-bond acceptors (Lipinski definition) is 4. The van der Waals surface area contributed by atoms with Gasteiger partial charge in [0, 0.05) is 19.3 Å². The van der Waals surface area contributed by atoms with Gasteiger partial charge in [0.05, 0.1) is 0 Å². The standard InChI is InChI=1S/C10H15F3O4/c1-4-16-9(3,17-5-2)7(14)6-8(15)10(11,12)13/h6,14H,4-5H2,1-3H3. The fraction of sp³-hybridized carbons (Fsp3) is 0.700. The van der Waals surface area contributed by atoms with Crippen molar-refractivity contribution >= 4 is 5.78 Å². The Morgan fingerprint density at radius 2 is 1.65 bits per heavy atom. The Hall–Kier alpha value is -1.08. The summed E-state index contributed by atoms with van der Waals surface area (Å²) in [6.07, 6.45) is -4.97. The number of carbonyl (C=O) groups excluding carboxylic acids is 1. The highest BCUT2D eigenvalue weighted by Crippen LogP contribution is 2.24. The largest absolute Gasteiger partial charge is 0.507 e. The fourth-order valence-corrected chi connectivity index (χ4v) is 1.08. The van der Waals surface area contributed by atoms with Gasteiger partial charge in [0.15, 0.2) is 5.76 Å². The van der Waals surface area contributed by atoms with Crippen molar-refractivity contribution in [2.75, 3.05) is 13.2 Å². The van der Waals surface area contributed by atoms with Gasteiger partial charge in [0.1, 0.15) is 0 Å². The molecule has 0 saturated carbocycles. The SMILES string of the molecule is CCOC(C)(OCC)C(O)=CC(=O)C(F)(F)F. The third-order valence-electron chi connectivity index (χ3n) is 1.85. The summed E-state index contributed by atoms with van der Waals surface area (Å²) in [7, 11) is 0. The van der Waals surface area contributed by atoms with E-state index in [0.717, 1.165) is 0 Å². The molecule has 0 rings (SSSR count). The Morgan fingerprint density at radius 3 is 1.94 bits per heavy atom. The van der Waals surface area contributed by atoms with Crippen LogP contribution in [-0.2, 0) is 14.3 Å². The van der Waals surface area contributed by atoms with Gasteiger partial charge in [0.25, 0.3) is 5.78 Å². The molecule has 7 heteroatoms.